The Labute approximate surface area is 431 Å². The van der Waals surface area contributed by atoms with Crippen molar-refractivity contribution in [1.82, 2.24) is 29.1 Å². The second-order valence-electron chi connectivity index (χ2n) is 15.0. The summed E-state index contributed by atoms with van der Waals surface area (Å²) in [4.78, 5) is 76.7. The highest BCUT2D eigenvalue weighted by Gasteiger charge is 2.40. The maximum atomic E-state index is 13.0. The number of methoxy groups -OCH3 is 2. The number of nitrogens with zero attached hydrogens (tertiary/aromatic N) is 6. The number of amides is 4. The van der Waals surface area contributed by atoms with Crippen molar-refractivity contribution >= 4 is 119 Å². The lowest BCUT2D eigenvalue weighted by Crippen LogP contribution is -2.36. The number of rotatable bonds is 14. The van der Waals surface area contributed by atoms with Crippen molar-refractivity contribution in [3.8, 4) is 17.5 Å². The number of urea groups is 1. The summed E-state index contributed by atoms with van der Waals surface area (Å²) in [6.07, 6.45) is 7.37. The van der Waals surface area contributed by atoms with Gasteiger partial charge >= 0.3 is 18.0 Å². The van der Waals surface area contributed by atoms with Crippen molar-refractivity contribution < 1.29 is 64.9 Å². The average molecular weight is 1100 g/mol. The van der Waals surface area contributed by atoms with E-state index in [1.807, 2.05) is 0 Å². The molecule has 2 aromatic carbocycles. The van der Waals surface area contributed by atoms with Gasteiger partial charge in [0.25, 0.3) is 21.8 Å². The van der Waals surface area contributed by atoms with Gasteiger partial charge in [0, 0.05) is 33.9 Å². The van der Waals surface area contributed by atoms with Gasteiger partial charge in [0.1, 0.15) is 21.9 Å². The second-order valence-corrected chi connectivity index (χ2v) is 20.1. The zero-order chi connectivity index (χ0) is 53.2. The average Bonchev–Trinajstić information content (AvgIpc) is 3.90. The predicted molar refractivity (Wildman–Crippen MR) is 267 cm³/mol. The first-order valence-electron chi connectivity index (χ1n) is 21.6. The molecular formula is C46H43Cl3N8O14S2. The number of anilines is 2. The van der Waals surface area contributed by atoms with Gasteiger partial charge in [-0.25, -0.2) is 37.4 Å². The van der Waals surface area contributed by atoms with E-state index in [0.29, 0.717) is 56.6 Å². The minimum atomic E-state index is -4.68. The summed E-state index contributed by atoms with van der Waals surface area (Å²) in [5.74, 6) is -2.41. The normalized spacial score (nSPS) is 13.6. The molecule has 6 aromatic rings. The number of hydrogen-bond donors (Lipinski definition) is 3. The van der Waals surface area contributed by atoms with Gasteiger partial charge in [0.15, 0.2) is 26.5 Å². The molecule has 4 aromatic heterocycles. The molecule has 2 aliphatic rings. The van der Waals surface area contributed by atoms with Gasteiger partial charge in [-0.05, 0) is 98.8 Å². The molecule has 1 aliphatic carbocycles. The largest absolute Gasteiger partial charge is 0.481 e. The first kappa shape index (κ1) is 54.9. The van der Waals surface area contributed by atoms with Gasteiger partial charge in [-0.2, -0.15) is 18.4 Å². The van der Waals surface area contributed by atoms with Crippen LogP contribution in [-0.2, 0) is 43.8 Å². The summed E-state index contributed by atoms with van der Waals surface area (Å²) in [5, 5.41) is 10.8. The second kappa shape index (κ2) is 23.9. The molecule has 8 rings (SSSR count). The van der Waals surface area contributed by atoms with Gasteiger partial charge in [-0.15, -0.1) is 0 Å². The number of hydrogen-bond acceptors (Lipinski definition) is 17. The van der Waals surface area contributed by atoms with Crippen molar-refractivity contribution in [3.05, 3.63) is 111 Å². The smallest absolute Gasteiger partial charge is 0.349 e. The maximum absolute atomic E-state index is 13.0. The van der Waals surface area contributed by atoms with Crippen molar-refractivity contribution in [2.24, 2.45) is 0 Å². The van der Waals surface area contributed by atoms with Gasteiger partial charge in [0.2, 0.25) is 17.7 Å². The Balaban J connectivity index is 0.000000187. The van der Waals surface area contributed by atoms with Crippen LogP contribution in [0.3, 0.4) is 0 Å². The standard InChI is InChI=1S/C19H17Cl2NO4.C16H18N6O7S2.C11H8ClNO3/c1-2-26-19(25)16(21)10-11-9-12(7-8-15(11)20)22-17(23)13-5-3-4-6-14(13)18(22)24;1-4-30(24,25)13-14(22-8-6-5-7-10(22)17-13)31(26,27)21-16(23)20-15-18-11(28-2)9-12(19-15)29-3;12-8-3-4-9(16-6-10(14)15)11-7(8)2-1-5-13-11/h7-10H,2-6H2,1H3;5-9H,4H2,1-3H3,(H2,18,19,20,21,23);1-5H,6H2,(H,14,15)/b16-10-;;. The highest BCUT2D eigenvalue weighted by molar-refractivity contribution is 7.93. The van der Waals surface area contributed by atoms with E-state index in [-0.39, 0.29) is 52.6 Å². The highest BCUT2D eigenvalue weighted by Crippen LogP contribution is 2.37. The molecule has 0 atom stereocenters. The molecule has 384 valence electrons. The molecule has 0 saturated carbocycles. The number of aromatic nitrogens is 5. The number of sulfone groups is 1. The van der Waals surface area contributed by atoms with E-state index >= 15 is 0 Å². The Hall–Kier alpha value is -7.38. The van der Waals surface area contributed by atoms with Crippen LogP contribution in [-0.4, -0.2) is 109 Å². The molecule has 27 heteroatoms. The monoisotopic (exact) mass is 1100 g/mol. The molecule has 0 unspecified atom stereocenters. The molecule has 0 radical (unpaired) electrons. The van der Waals surface area contributed by atoms with Crippen LogP contribution in [0.15, 0.2) is 105 Å². The van der Waals surface area contributed by atoms with E-state index in [0.717, 1.165) is 22.6 Å². The summed E-state index contributed by atoms with van der Waals surface area (Å²) in [6, 6.07) is 16.2. The van der Waals surface area contributed by atoms with E-state index in [4.69, 9.17) is 58.9 Å². The molecule has 73 heavy (non-hydrogen) atoms. The van der Waals surface area contributed by atoms with Crippen LogP contribution in [0.2, 0.25) is 10.0 Å². The van der Waals surface area contributed by atoms with E-state index in [1.54, 1.807) is 66.4 Å². The summed E-state index contributed by atoms with van der Waals surface area (Å²) in [6.45, 7) is 2.83. The van der Waals surface area contributed by atoms with E-state index in [9.17, 15) is 40.8 Å². The number of esters is 1. The third-order valence-corrected chi connectivity index (χ3v) is 14.4. The Kier molecular flexibility index (Phi) is 18.0. The van der Waals surface area contributed by atoms with Crippen molar-refractivity contribution in [3.63, 3.8) is 0 Å². The quantitative estimate of drug-likeness (QED) is 0.0560. The van der Waals surface area contributed by atoms with E-state index < -0.39 is 54.5 Å². The number of nitrogens with one attached hydrogen (secondary N) is 2. The molecule has 0 bridgehead atoms. The fourth-order valence-electron chi connectivity index (χ4n) is 7.02. The number of benzene rings is 2. The first-order chi connectivity index (χ1) is 34.7. The van der Waals surface area contributed by atoms with E-state index in [1.165, 1.54) is 56.5 Å². The van der Waals surface area contributed by atoms with Crippen LogP contribution in [0.1, 0.15) is 45.1 Å². The molecule has 3 N–H and O–H groups in total. The van der Waals surface area contributed by atoms with Gasteiger partial charge in [-0.1, -0.05) is 47.8 Å². The minimum Gasteiger partial charge on any atom is -0.481 e. The fourth-order valence-corrected chi connectivity index (χ4v) is 10.2. The molecule has 0 fully saturated rings. The molecule has 1 aliphatic heterocycles. The number of carboxylic acid groups (broad SMARTS) is 1. The minimum absolute atomic E-state index is 0.0584. The number of imide groups is 1. The summed E-state index contributed by atoms with van der Waals surface area (Å²) in [5.41, 5.74) is 2.69. The number of ether oxygens (including phenoxy) is 4. The SMILES string of the molecule is CCOC(=O)/C(Cl)=C/c1cc(N2C(=O)C3=C(CCCC3)C2=O)ccc1Cl.CCS(=O)(=O)c1nc2ccccn2c1S(=O)(=O)NC(=O)Nc1nc(OC)cc(OC)n1.O=C(O)COc1ccc(Cl)c2cccnc12. The predicted octanol–water partition coefficient (Wildman–Crippen LogP) is 7.02. The number of imidazole rings is 1. The number of pyridine rings is 2. The van der Waals surface area contributed by atoms with Crippen molar-refractivity contribution in [2.45, 2.75) is 49.6 Å². The third-order valence-electron chi connectivity index (χ3n) is 10.3. The number of aliphatic carboxylic acids is 1. The van der Waals surface area contributed by atoms with Crippen LogP contribution in [0.25, 0.3) is 22.6 Å². The zero-order valence-electron chi connectivity index (χ0n) is 38.9. The van der Waals surface area contributed by atoms with Gasteiger partial charge in [0.05, 0.1) is 43.4 Å². The van der Waals surface area contributed by atoms with Gasteiger partial charge < -0.3 is 24.1 Å². The molecule has 22 nitrogen and oxygen atoms in total. The van der Waals surface area contributed by atoms with Crippen LogP contribution in [0.4, 0.5) is 16.4 Å². The number of carboxylic acids is 1. The lowest BCUT2D eigenvalue weighted by molar-refractivity contribution is -0.139. The number of carbonyl (C=O) groups excluding carboxylic acids is 4. The molecule has 0 spiro atoms. The first-order valence-corrected chi connectivity index (χ1v) is 25.8. The van der Waals surface area contributed by atoms with E-state index in [2.05, 4.69) is 25.3 Å². The number of fused-ring (bicyclic) bond motifs is 2. The van der Waals surface area contributed by atoms with Crippen molar-refractivity contribution in [1.29, 1.82) is 0 Å². The topological polar surface area (TPSA) is 294 Å². The summed E-state index contributed by atoms with van der Waals surface area (Å²) >= 11 is 18.1. The Bertz CT molecular complexity index is 3390. The van der Waals surface area contributed by atoms with Crippen LogP contribution in [0, 0.1) is 0 Å². The number of halogens is 3. The Morgan fingerprint density at radius 2 is 1.51 bits per heavy atom. The Morgan fingerprint density at radius 3 is 2.12 bits per heavy atom. The van der Waals surface area contributed by atoms with Crippen LogP contribution in [0.5, 0.6) is 17.5 Å². The lowest BCUT2D eigenvalue weighted by Gasteiger charge is -2.16. The third kappa shape index (κ3) is 13.0. The fraction of sp³-hybridized carbons (Fsp3) is 0.239. The summed E-state index contributed by atoms with van der Waals surface area (Å²) in [7, 11) is -6.04. The van der Waals surface area contributed by atoms with Crippen LogP contribution >= 0.6 is 34.8 Å². The summed E-state index contributed by atoms with van der Waals surface area (Å²) < 4.78 is 73.4. The molecule has 0 saturated heterocycles. The zero-order valence-corrected chi connectivity index (χ0v) is 42.8. The number of carbonyl (C=O) groups is 5. The van der Waals surface area contributed by atoms with Crippen molar-refractivity contribution in [2.75, 3.05) is 43.4 Å². The lowest BCUT2D eigenvalue weighted by atomic mass is 9.93. The highest BCUT2D eigenvalue weighted by atomic mass is 35.5. The number of sulfonamides is 1. The molecular weight excluding hydrogens is 1060 g/mol. The van der Waals surface area contributed by atoms with Gasteiger partial charge in [-0.3, -0.25) is 24.3 Å². The Morgan fingerprint density at radius 1 is 0.849 bits per heavy atom. The molecule has 5 heterocycles. The maximum Gasteiger partial charge on any atom is 0.349 e. The molecule has 4 amide bonds. The van der Waals surface area contributed by atoms with Crippen LogP contribution < -0.4 is 29.1 Å².